The largest absolute Gasteiger partial charge is 0.456 e. The molecular weight excluding hydrogens is 611 g/mol. The first-order chi connectivity index (χ1) is 24.5. The summed E-state index contributed by atoms with van der Waals surface area (Å²) in [5.41, 5.74) is 11.7. The minimum Gasteiger partial charge on any atom is -0.456 e. The lowest BCUT2D eigenvalue weighted by atomic mass is 9.80. The van der Waals surface area contributed by atoms with E-state index < -0.39 is 0 Å². The number of furan rings is 1. The topological polar surface area (TPSA) is 51.8 Å². The van der Waals surface area contributed by atoms with E-state index in [4.69, 9.17) is 19.4 Å². The normalized spacial score (nSPS) is 13.2. The summed E-state index contributed by atoms with van der Waals surface area (Å²) < 4.78 is 6.32. The van der Waals surface area contributed by atoms with Crippen LogP contribution in [0.1, 0.15) is 25.0 Å². The van der Waals surface area contributed by atoms with Gasteiger partial charge in [-0.1, -0.05) is 147 Å². The Kier molecular flexibility index (Phi) is 6.19. The number of hydrogen-bond acceptors (Lipinski definition) is 4. The Hall–Kier alpha value is -6.39. The van der Waals surface area contributed by atoms with Crippen LogP contribution >= 0.6 is 0 Å². The van der Waals surface area contributed by atoms with Gasteiger partial charge in [-0.15, -0.1) is 0 Å². The van der Waals surface area contributed by atoms with Crippen LogP contribution in [0.25, 0.3) is 89.1 Å². The molecule has 0 bridgehead atoms. The van der Waals surface area contributed by atoms with Crippen molar-refractivity contribution < 1.29 is 4.42 Å². The fourth-order valence-electron chi connectivity index (χ4n) is 7.97. The predicted molar refractivity (Wildman–Crippen MR) is 204 cm³/mol. The maximum atomic E-state index is 6.32. The van der Waals surface area contributed by atoms with Crippen molar-refractivity contribution in [3.05, 3.63) is 163 Å². The minimum absolute atomic E-state index is 0.277. The highest BCUT2D eigenvalue weighted by molar-refractivity contribution is 6.11. The lowest BCUT2D eigenvalue weighted by molar-refractivity contribution is 0.657. The molecule has 2 aromatic heterocycles. The monoisotopic (exact) mass is 641 g/mol. The number of hydrogen-bond donors (Lipinski definition) is 0. The first kappa shape index (κ1) is 28.6. The van der Waals surface area contributed by atoms with E-state index in [9.17, 15) is 0 Å². The summed E-state index contributed by atoms with van der Waals surface area (Å²) in [5.74, 6) is 1.94. The fraction of sp³-hybridized carbons (Fsp3) is 0.0652. The van der Waals surface area contributed by atoms with E-state index >= 15 is 0 Å². The molecule has 0 N–H and O–H groups in total. The van der Waals surface area contributed by atoms with Crippen LogP contribution in [-0.4, -0.2) is 15.0 Å². The molecule has 0 radical (unpaired) electrons. The van der Waals surface area contributed by atoms with E-state index in [0.29, 0.717) is 17.5 Å². The molecule has 9 aromatic rings. The highest BCUT2D eigenvalue weighted by atomic mass is 16.3. The molecule has 0 atom stereocenters. The highest BCUT2D eigenvalue weighted by Crippen LogP contribution is 2.53. The smallest absolute Gasteiger partial charge is 0.164 e. The van der Waals surface area contributed by atoms with Crippen molar-refractivity contribution >= 4 is 32.7 Å². The Bertz CT molecular complexity index is 2790. The number of aromatic nitrogens is 3. The average Bonchev–Trinajstić information content (AvgIpc) is 3.66. The lowest BCUT2D eigenvalue weighted by Crippen LogP contribution is -2.15. The quantitative estimate of drug-likeness (QED) is 0.192. The molecule has 0 aliphatic heterocycles. The van der Waals surface area contributed by atoms with Crippen molar-refractivity contribution in [3.8, 4) is 56.4 Å². The molecule has 50 heavy (non-hydrogen) atoms. The minimum atomic E-state index is -0.277. The zero-order chi connectivity index (χ0) is 33.4. The number of rotatable bonds is 4. The van der Waals surface area contributed by atoms with Crippen molar-refractivity contribution in [1.29, 1.82) is 0 Å². The van der Waals surface area contributed by atoms with Gasteiger partial charge in [0.25, 0.3) is 0 Å². The molecule has 4 nitrogen and oxygen atoms in total. The zero-order valence-electron chi connectivity index (χ0n) is 27.7. The second kappa shape index (κ2) is 10.8. The summed E-state index contributed by atoms with van der Waals surface area (Å²) in [7, 11) is 0. The summed E-state index contributed by atoms with van der Waals surface area (Å²) >= 11 is 0. The Morgan fingerprint density at radius 2 is 1.08 bits per heavy atom. The van der Waals surface area contributed by atoms with Gasteiger partial charge < -0.3 is 4.42 Å². The predicted octanol–water partition coefficient (Wildman–Crippen LogP) is 11.9. The van der Waals surface area contributed by atoms with Gasteiger partial charge in [0, 0.05) is 32.9 Å². The van der Waals surface area contributed by atoms with Gasteiger partial charge in [-0.25, -0.2) is 15.0 Å². The molecule has 0 amide bonds. The van der Waals surface area contributed by atoms with Crippen LogP contribution in [0.15, 0.2) is 156 Å². The van der Waals surface area contributed by atoms with Gasteiger partial charge in [0.1, 0.15) is 11.2 Å². The van der Waals surface area contributed by atoms with Gasteiger partial charge in [0.05, 0.1) is 0 Å². The molecule has 4 heteroatoms. The zero-order valence-corrected chi connectivity index (χ0v) is 27.7. The van der Waals surface area contributed by atoms with Gasteiger partial charge in [0.2, 0.25) is 0 Å². The van der Waals surface area contributed by atoms with Crippen LogP contribution in [0.3, 0.4) is 0 Å². The van der Waals surface area contributed by atoms with Crippen LogP contribution < -0.4 is 0 Å². The maximum Gasteiger partial charge on any atom is 0.164 e. The third-order valence-corrected chi connectivity index (χ3v) is 10.3. The van der Waals surface area contributed by atoms with E-state index in [0.717, 1.165) is 55.1 Å². The Labute approximate surface area is 289 Å². The van der Waals surface area contributed by atoms with Crippen molar-refractivity contribution in [2.24, 2.45) is 0 Å². The summed E-state index contributed by atoms with van der Waals surface area (Å²) in [4.78, 5) is 15.6. The van der Waals surface area contributed by atoms with Crippen molar-refractivity contribution in [1.82, 2.24) is 15.0 Å². The third-order valence-electron chi connectivity index (χ3n) is 10.3. The average molecular weight is 642 g/mol. The molecule has 236 valence electrons. The summed E-state index contributed by atoms with van der Waals surface area (Å²) in [5, 5.41) is 4.60. The first-order valence-electron chi connectivity index (χ1n) is 17.0. The molecule has 1 aliphatic carbocycles. The summed E-state index contributed by atoms with van der Waals surface area (Å²) in [6.45, 7) is 4.64. The molecule has 0 saturated heterocycles. The fourth-order valence-corrected chi connectivity index (χ4v) is 7.97. The van der Waals surface area contributed by atoms with Gasteiger partial charge >= 0.3 is 0 Å². The van der Waals surface area contributed by atoms with Gasteiger partial charge in [0.15, 0.2) is 17.5 Å². The summed E-state index contributed by atoms with van der Waals surface area (Å²) in [6.07, 6.45) is 0. The van der Waals surface area contributed by atoms with Crippen LogP contribution in [0.5, 0.6) is 0 Å². The number of para-hydroxylation sites is 1. The highest BCUT2D eigenvalue weighted by Gasteiger charge is 2.38. The molecule has 0 spiro atoms. The van der Waals surface area contributed by atoms with Crippen molar-refractivity contribution in [2.75, 3.05) is 0 Å². The molecule has 0 saturated carbocycles. The number of fused-ring (bicyclic) bond motifs is 8. The molecule has 10 rings (SSSR count). The van der Waals surface area contributed by atoms with Crippen molar-refractivity contribution in [3.63, 3.8) is 0 Å². The number of benzene rings is 7. The van der Waals surface area contributed by atoms with Gasteiger partial charge in [-0.3, -0.25) is 0 Å². The second-order valence-electron chi connectivity index (χ2n) is 13.6. The standard InChI is InChI=1S/C46H31N3O/c1-46(2)38-27-30(23-24-33(38)34-25-26-40-41(42(34)46)37-20-10-11-22-39(37)50-40)43-47-44(35-19-9-8-18-31(35)28-13-4-3-5-14-28)49-45(48-43)36-21-12-16-29-15-6-7-17-32(29)36/h3-27H,1-2H3. The lowest BCUT2D eigenvalue weighted by Gasteiger charge is -2.23. The van der Waals surface area contributed by atoms with Gasteiger partial charge in [-0.05, 0) is 62.4 Å². The molecular formula is C46H31N3O. The van der Waals surface area contributed by atoms with Crippen LogP contribution in [0, 0.1) is 0 Å². The van der Waals surface area contributed by atoms with E-state index in [1.165, 1.54) is 27.6 Å². The van der Waals surface area contributed by atoms with Gasteiger partial charge in [-0.2, -0.15) is 0 Å². The second-order valence-corrected chi connectivity index (χ2v) is 13.6. The van der Waals surface area contributed by atoms with Crippen LogP contribution in [0.2, 0.25) is 0 Å². The maximum absolute atomic E-state index is 6.32. The Morgan fingerprint density at radius 3 is 1.94 bits per heavy atom. The third kappa shape index (κ3) is 4.28. The molecule has 1 aliphatic rings. The van der Waals surface area contributed by atoms with Crippen LogP contribution in [0.4, 0.5) is 0 Å². The Morgan fingerprint density at radius 1 is 0.440 bits per heavy atom. The van der Waals surface area contributed by atoms with E-state index in [-0.39, 0.29) is 5.41 Å². The molecule has 0 fully saturated rings. The first-order valence-corrected chi connectivity index (χ1v) is 17.0. The number of nitrogens with zero attached hydrogens (tertiary/aromatic N) is 3. The van der Waals surface area contributed by atoms with E-state index in [2.05, 4.69) is 153 Å². The van der Waals surface area contributed by atoms with E-state index in [1.54, 1.807) is 0 Å². The Balaban J connectivity index is 1.19. The molecule has 0 unspecified atom stereocenters. The van der Waals surface area contributed by atoms with Crippen molar-refractivity contribution in [2.45, 2.75) is 19.3 Å². The van der Waals surface area contributed by atoms with Crippen LogP contribution in [-0.2, 0) is 5.41 Å². The SMILES string of the molecule is CC1(C)c2cc(-c3nc(-c4ccccc4-c4ccccc4)nc(-c4cccc5ccccc45)n3)ccc2-c2ccc3oc4ccccc4c3c21. The van der Waals surface area contributed by atoms with E-state index in [1.807, 2.05) is 12.1 Å². The summed E-state index contributed by atoms with van der Waals surface area (Å²) in [6, 6.07) is 52.9. The molecule has 2 heterocycles. The molecule has 7 aromatic carbocycles.